The number of hydrogen-bond acceptors (Lipinski definition) is 2. The summed E-state index contributed by atoms with van der Waals surface area (Å²) in [7, 11) is 0. The molecule has 3 aromatic rings. The molecule has 0 saturated carbocycles. The summed E-state index contributed by atoms with van der Waals surface area (Å²) in [6.07, 6.45) is 3.47. The maximum absolute atomic E-state index is 13.3. The Balaban J connectivity index is 1.64. The molecule has 4 rings (SSSR count). The van der Waals surface area contributed by atoms with Crippen molar-refractivity contribution in [2.75, 3.05) is 13.1 Å². The van der Waals surface area contributed by atoms with Crippen LogP contribution in [0.3, 0.4) is 0 Å². The second-order valence-electron chi connectivity index (χ2n) is 6.80. The van der Waals surface area contributed by atoms with E-state index in [4.69, 9.17) is 0 Å². The average molecular weight is 362 g/mol. The van der Waals surface area contributed by atoms with Gasteiger partial charge in [-0.1, -0.05) is 60.7 Å². The van der Waals surface area contributed by atoms with Gasteiger partial charge in [0.1, 0.15) is 5.25 Å². The van der Waals surface area contributed by atoms with Crippen LogP contribution in [0, 0.1) is 0 Å². The van der Waals surface area contributed by atoms with Crippen molar-refractivity contribution < 1.29 is 4.79 Å². The summed E-state index contributed by atoms with van der Waals surface area (Å²) in [5.74, 6) is 0.244. The number of amides is 1. The number of carbonyl (C=O) groups excluding carboxylic acids is 1. The quantitative estimate of drug-likeness (QED) is 0.557. The second-order valence-corrected chi connectivity index (χ2v) is 7.98. The summed E-state index contributed by atoms with van der Waals surface area (Å²) < 4.78 is 0. The van der Waals surface area contributed by atoms with E-state index in [1.54, 1.807) is 11.8 Å². The van der Waals surface area contributed by atoms with E-state index in [-0.39, 0.29) is 11.2 Å². The summed E-state index contributed by atoms with van der Waals surface area (Å²) in [5.41, 5.74) is 1.08. The van der Waals surface area contributed by atoms with E-state index in [1.807, 2.05) is 18.2 Å². The Morgan fingerprint density at radius 3 is 2.27 bits per heavy atom. The molecule has 1 atom stereocenters. The highest BCUT2D eigenvalue weighted by Crippen LogP contribution is 2.38. The molecule has 132 valence electrons. The number of thioether (sulfide) groups is 1. The first kappa shape index (κ1) is 17.2. The van der Waals surface area contributed by atoms with Crippen molar-refractivity contribution >= 4 is 28.4 Å². The van der Waals surface area contributed by atoms with E-state index in [1.165, 1.54) is 17.2 Å². The average Bonchev–Trinajstić information content (AvgIpc) is 2.73. The Hall–Kier alpha value is -2.26. The van der Waals surface area contributed by atoms with Crippen LogP contribution in [-0.4, -0.2) is 23.9 Å². The molecule has 0 aliphatic carbocycles. The van der Waals surface area contributed by atoms with E-state index >= 15 is 0 Å². The Labute approximate surface area is 159 Å². The number of rotatable bonds is 4. The molecule has 0 aromatic heterocycles. The Kier molecular flexibility index (Phi) is 5.26. The van der Waals surface area contributed by atoms with Crippen LogP contribution in [0.1, 0.15) is 30.1 Å². The molecular weight excluding hydrogens is 338 g/mol. The number of benzene rings is 3. The van der Waals surface area contributed by atoms with Crippen molar-refractivity contribution in [2.45, 2.75) is 29.4 Å². The highest BCUT2D eigenvalue weighted by atomic mass is 32.2. The van der Waals surface area contributed by atoms with Gasteiger partial charge in [0.2, 0.25) is 5.91 Å². The Morgan fingerprint density at radius 2 is 1.50 bits per heavy atom. The lowest BCUT2D eigenvalue weighted by molar-refractivity contribution is -0.131. The van der Waals surface area contributed by atoms with Gasteiger partial charge in [-0.15, -0.1) is 11.8 Å². The molecule has 26 heavy (non-hydrogen) atoms. The Morgan fingerprint density at radius 1 is 0.808 bits per heavy atom. The highest BCUT2D eigenvalue weighted by Gasteiger charge is 2.27. The van der Waals surface area contributed by atoms with E-state index in [2.05, 4.69) is 59.5 Å². The predicted octanol–water partition coefficient (Wildman–Crippen LogP) is 5.69. The van der Waals surface area contributed by atoms with Gasteiger partial charge in [-0.25, -0.2) is 0 Å². The predicted molar refractivity (Wildman–Crippen MR) is 109 cm³/mol. The molecule has 0 spiro atoms. The van der Waals surface area contributed by atoms with Crippen LogP contribution in [0.4, 0.5) is 0 Å². The minimum absolute atomic E-state index is 0.185. The van der Waals surface area contributed by atoms with Crippen molar-refractivity contribution in [3.05, 3.63) is 78.4 Å². The molecule has 1 aliphatic heterocycles. The van der Waals surface area contributed by atoms with Gasteiger partial charge in [0, 0.05) is 18.0 Å². The first-order valence-electron chi connectivity index (χ1n) is 9.30. The van der Waals surface area contributed by atoms with Crippen LogP contribution in [0.2, 0.25) is 0 Å². The highest BCUT2D eigenvalue weighted by molar-refractivity contribution is 8.00. The van der Waals surface area contributed by atoms with Crippen LogP contribution >= 0.6 is 11.8 Å². The second kappa shape index (κ2) is 7.96. The summed E-state index contributed by atoms with van der Waals surface area (Å²) in [5, 5.41) is 2.26. The number of likely N-dealkylation sites (tertiary alicyclic amines) is 1. The van der Waals surface area contributed by atoms with Gasteiger partial charge < -0.3 is 4.90 Å². The van der Waals surface area contributed by atoms with Crippen LogP contribution in [0.25, 0.3) is 10.8 Å². The van der Waals surface area contributed by atoms with Crippen LogP contribution in [-0.2, 0) is 4.79 Å². The minimum Gasteiger partial charge on any atom is -0.341 e. The van der Waals surface area contributed by atoms with E-state index < -0.39 is 0 Å². The fourth-order valence-corrected chi connectivity index (χ4v) is 4.70. The smallest absolute Gasteiger partial charge is 0.240 e. The van der Waals surface area contributed by atoms with Gasteiger partial charge in [-0.2, -0.15) is 0 Å². The van der Waals surface area contributed by atoms with Gasteiger partial charge in [0.05, 0.1) is 0 Å². The molecule has 0 unspecified atom stereocenters. The standard InChI is InChI=1S/C23H23NOS/c25-23(24-15-7-2-8-16-24)22(19-10-3-1-4-11-19)26-21-14-13-18-9-5-6-12-20(18)17-21/h1,3-6,9-14,17,22H,2,7-8,15-16H2/t22-/m0/s1. The zero-order valence-corrected chi connectivity index (χ0v) is 15.6. The third-order valence-corrected chi connectivity index (χ3v) is 6.20. The minimum atomic E-state index is -0.185. The van der Waals surface area contributed by atoms with Gasteiger partial charge >= 0.3 is 0 Å². The molecule has 0 bridgehead atoms. The molecule has 2 nitrogen and oxygen atoms in total. The molecule has 3 aromatic carbocycles. The van der Waals surface area contributed by atoms with Crippen LogP contribution < -0.4 is 0 Å². The Bertz CT molecular complexity index is 887. The lowest BCUT2D eigenvalue weighted by Gasteiger charge is -2.30. The van der Waals surface area contributed by atoms with Crippen molar-refractivity contribution in [2.24, 2.45) is 0 Å². The third kappa shape index (κ3) is 3.78. The molecule has 0 radical (unpaired) electrons. The maximum Gasteiger partial charge on any atom is 0.240 e. The molecule has 1 fully saturated rings. The first-order valence-corrected chi connectivity index (χ1v) is 10.2. The van der Waals surface area contributed by atoms with Crippen molar-refractivity contribution in [3.63, 3.8) is 0 Å². The number of hydrogen-bond donors (Lipinski definition) is 0. The number of fused-ring (bicyclic) bond motifs is 1. The normalized spacial score (nSPS) is 15.8. The molecule has 1 aliphatic rings. The van der Waals surface area contributed by atoms with Gasteiger partial charge in [0.15, 0.2) is 0 Å². The SMILES string of the molecule is O=C([C@@H](Sc1ccc2ccccc2c1)c1ccccc1)N1CCCCC1. The molecule has 1 saturated heterocycles. The molecule has 0 N–H and O–H groups in total. The van der Waals surface area contributed by atoms with E-state index in [0.29, 0.717) is 0 Å². The van der Waals surface area contributed by atoms with Crippen molar-refractivity contribution in [1.82, 2.24) is 4.90 Å². The fraction of sp³-hybridized carbons (Fsp3) is 0.261. The largest absolute Gasteiger partial charge is 0.341 e. The summed E-state index contributed by atoms with van der Waals surface area (Å²) in [6, 6.07) is 25.0. The maximum atomic E-state index is 13.3. The zero-order chi connectivity index (χ0) is 17.8. The topological polar surface area (TPSA) is 20.3 Å². The summed E-state index contributed by atoms with van der Waals surface area (Å²) in [6.45, 7) is 1.78. The fourth-order valence-electron chi connectivity index (χ4n) is 3.55. The third-order valence-electron chi connectivity index (χ3n) is 4.97. The number of carbonyl (C=O) groups is 1. The monoisotopic (exact) mass is 361 g/mol. The summed E-state index contributed by atoms with van der Waals surface area (Å²) >= 11 is 1.67. The van der Waals surface area contributed by atoms with Gasteiger partial charge in [-0.3, -0.25) is 4.79 Å². The van der Waals surface area contributed by atoms with Crippen LogP contribution in [0.5, 0.6) is 0 Å². The number of piperidine rings is 1. The van der Waals surface area contributed by atoms with Crippen molar-refractivity contribution in [1.29, 1.82) is 0 Å². The first-order chi connectivity index (χ1) is 12.8. The van der Waals surface area contributed by atoms with Crippen molar-refractivity contribution in [3.8, 4) is 0 Å². The zero-order valence-electron chi connectivity index (χ0n) is 14.8. The molecule has 1 amide bonds. The molecular formula is C23H23NOS. The summed E-state index contributed by atoms with van der Waals surface area (Å²) in [4.78, 5) is 16.5. The van der Waals surface area contributed by atoms with Crippen LogP contribution in [0.15, 0.2) is 77.7 Å². The lowest BCUT2D eigenvalue weighted by Crippen LogP contribution is -2.38. The van der Waals surface area contributed by atoms with E-state index in [0.717, 1.165) is 36.4 Å². The van der Waals surface area contributed by atoms with E-state index in [9.17, 15) is 4.79 Å². The lowest BCUT2D eigenvalue weighted by atomic mass is 10.1. The van der Waals surface area contributed by atoms with Gasteiger partial charge in [0.25, 0.3) is 0 Å². The molecule has 3 heteroatoms. The number of nitrogens with zero attached hydrogens (tertiary/aromatic N) is 1. The van der Waals surface area contributed by atoms with Gasteiger partial charge in [-0.05, 0) is 47.7 Å². The molecule has 1 heterocycles.